The van der Waals surface area contributed by atoms with Gasteiger partial charge in [0, 0.05) is 44.3 Å². The minimum atomic E-state index is 0.184. The fourth-order valence-electron chi connectivity index (χ4n) is 3.74. The second-order valence-electron chi connectivity index (χ2n) is 8.80. The highest BCUT2D eigenvalue weighted by Crippen LogP contribution is 2.28. The highest BCUT2D eigenvalue weighted by molar-refractivity contribution is 4.92. The van der Waals surface area contributed by atoms with Crippen molar-refractivity contribution in [2.45, 2.75) is 65.1 Å². The molecule has 124 valence electrons. The van der Waals surface area contributed by atoms with Crippen LogP contribution in [0, 0.1) is 5.41 Å². The van der Waals surface area contributed by atoms with Crippen molar-refractivity contribution in [3.63, 3.8) is 0 Å². The van der Waals surface area contributed by atoms with Gasteiger partial charge in [-0.2, -0.15) is 0 Å². The maximum atomic E-state index is 6.07. The highest BCUT2D eigenvalue weighted by Gasteiger charge is 2.36. The number of nitrogens with zero attached hydrogens (tertiary/aromatic N) is 2. The standard InChI is InChI=1S/C17H35N3O/c1-16(2,3)13-19-8-9-21-15(12-19)10-17(4,5)20-7-6-14(18)11-20/h14-15H,6-13,18H2,1-5H3/t14-,15?/m0/s1. The molecular weight excluding hydrogens is 262 g/mol. The molecule has 0 amide bonds. The van der Waals surface area contributed by atoms with Crippen molar-refractivity contribution in [2.24, 2.45) is 11.1 Å². The summed E-state index contributed by atoms with van der Waals surface area (Å²) in [7, 11) is 0. The quantitative estimate of drug-likeness (QED) is 0.861. The van der Waals surface area contributed by atoms with Gasteiger partial charge in [0.15, 0.2) is 0 Å². The summed E-state index contributed by atoms with van der Waals surface area (Å²) < 4.78 is 6.05. The SMILES string of the molecule is CC(C)(C)CN1CCOC(CC(C)(C)N2CC[C@H](N)C2)C1. The molecule has 2 fully saturated rings. The average Bonchev–Trinajstić information content (AvgIpc) is 2.74. The van der Waals surface area contributed by atoms with E-state index in [1.165, 1.54) is 0 Å². The van der Waals surface area contributed by atoms with Gasteiger partial charge < -0.3 is 10.5 Å². The van der Waals surface area contributed by atoms with Crippen LogP contribution in [0.4, 0.5) is 0 Å². The molecule has 2 aliphatic rings. The third-order valence-electron chi connectivity index (χ3n) is 4.73. The van der Waals surface area contributed by atoms with E-state index in [0.29, 0.717) is 17.6 Å². The number of morpholine rings is 1. The van der Waals surface area contributed by atoms with Crippen LogP contribution in [0.2, 0.25) is 0 Å². The molecule has 2 rings (SSSR count). The smallest absolute Gasteiger partial charge is 0.0720 e. The van der Waals surface area contributed by atoms with E-state index < -0.39 is 0 Å². The van der Waals surface area contributed by atoms with Gasteiger partial charge in [0.05, 0.1) is 12.7 Å². The van der Waals surface area contributed by atoms with E-state index >= 15 is 0 Å². The first-order valence-corrected chi connectivity index (χ1v) is 8.50. The molecule has 4 nitrogen and oxygen atoms in total. The summed E-state index contributed by atoms with van der Waals surface area (Å²) in [6.45, 7) is 18.0. The lowest BCUT2D eigenvalue weighted by atomic mass is 9.92. The van der Waals surface area contributed by atoms with Crippen molar-refractivity contribution in [1.82, 2.24) is 9.80 Å². The Kier molecular flexibility index (Phi) is 5.35. The van der Waals surface area contributed by atoms with Gasteiger partial charge in [0.2, 0.25) is 0 Å². The van der Waals surface area contributed by atoms with Gasteiger partial charge in [-0.1, -0.05) is 20.8 Å². The predicted octanol–water partition coefficient (Wildman–Crippen LogP) is 1.94. The molecule has 0 spiro atoms. The number of rotatable bonds is 4. The Morgan fingerprint density at radius 3 is 2.38 bits per heavy atom. The Morgan fingerprint density at radius 2 is 1.81 bits per heavy atom. The van der Waals surface area contributed by atoms with Gasteiger partial charge in [0.25, 0.3) is 0 Å². The minimum absolute atomic E-state index is 0.184. The van der Waals surface area contributed by atoms with Crippen molar-refractivity contribution < 1.29 is 4.74 Å². The van der Waals surface area contributed by atoms with E-state index in [1.54, 1.807) is 0 Å². The van der Waals surface area contributed by atoms with Gasteiger partial charge >= 0.3 is 0 Å². The van der Waals surface area contributed by atoms with Gasteiger partial charge in [-0.05, 0) is 32.1 Å². The Labute approximate surface area is 131 Å². The minimum Gasteiger partial charge on any atom is -0.375 e. The molecule has 21 heavy (non-hydrogen) atoms. The highest BCUT2D eigenvalue weighted by atomic mass is 16.5. The first kappa shape index (κ1) is 17.2. The van der Waals surface area contributed by atoms with Gasteiger partial charge in [-0.3, -0.25) is 9.80 Å². The molecule has 0 radical (unpaired) electrons. The summed E-state index contributed by atoms with van der Waals surface area (Å²) in [4.78, 5) is 5.11. The van der Waals surface area contributed by atoms with Crippen molar-refractivity contribution in [2.75, 3.05) is 39.3 Å². The summed E-state index contributed by atoms with van der Waals surface area (Å²) >= 11 is 0. The van der Waals surface area contributed by atoms with E-state index in [9.17, 15) is 0 Å². The van der Waals surface area contributed by atoms with Crippen LogP contribution in [0.5, 0.6) is 0 Å². The molecule has 4 heteroatoms. The summed E-state index contributed by atoms with van der Waals surface area (Å²) in [6.07, 6.45) is 2.58. The van der Waals surface area contributed by atoms with E-state index in [1.807, 2.05) is 0 Å². The zero-order valence-corrected chi connectivity index (χ0v) is 14.7. The maximum Gasteiger partial charge on any atom is 0.0720 e. The number of likely N-dealkylation sites (tertiary alicyclic amines) is 1. The zero-order chi connectivity index (χ0) is 15.7. The van der Waals surface area contributed by atoms with Crippen LogP contribution in [0.15, 0.2) is 0 Å². The Bertz CT molecular complexity index is 337. The van der Waals surface area contributed by atoms with Gasteiger partial charge in [0.1, 0.15) is 0 Å². The number of hydrogen-bond donors (Lipinski definition) is 1. The third-order valence-corrected chi connectivity index (χ3v) is 4.73. The molecule has 0 aromatic carbocycles. The van der Waals surface area contributed by atoms with E-state index in [-0.39, 0.29) is 5.54 Å². The largest absolute Gasteiger partial charge is 0.375 e. The summed E-state index contributed by atoms with van der Waals surface area (Å²) in [5.41, 5.74) is 6.61. The molecule has 2 aliphatic heterocycles. The first-order chi connectivity index (χ1) is 9.66. The summed E-state index contributed by atoms with van der Waals surface area (Å²) in [5.74, 6) is 0. The number of hydrogen-bond acceptors (Lipinski definition) is 4. The molecule has 2 atom stereocenters. The monoisotopic (exact) mass is 297 g/mol. The summed E-state index contributed by atoms with van der Waals surface area (Å²) in [6, 6.07) is 0.355. The number of nitrogens with two attached hydrogens (primary N) is 1. The Hall–Kier alpha value is -0.160. The summed E-state index contributed by atoms with van der Waals surface area (Å²) in [5, 5.41) is 0. The van der Waals surface area contributed by atoms with Crippen LogP contribution in [0.1, 0.15) is 47.5 Å². The van der Waals surface area contributed by atoms with Gasteiger partial charge in [-0.25, -0.2) is 0 Å². The maximum absolute atomic E-state index is 6.07. The van der Waals surface area contributed by atoms with E-state index in [2.05, 4.69) is 44.4 Å². The normalized spacial score (nSPS) is 30.0. The molecule has 0 saturated carbocycles. The fourth-order valence-corrected chi connectivity index (χ4v) is 3.74. The van der Waals surface area contributed by atoms with Crippen LogP contribution in [0.25, 0.3) is 0 Å². The molecule has 0 bridgehead atoms. The number of ether oxygens (including phenoxy) is 1. The molecule has 1 unspecified atom stereocenters. The molecule has 2 N–H and O–H groups in total. The molecule has 0 aromatic rings. The topological polar surface area (TPSA) is 41.7 Å². The zero-order valence-electron chi connectivity index (χ0n) is 14.7. The molecule has 2 saturated heterocycles. The average molecular weight is 297 g/mol. The van der Waals surface area contributed by atoms with Crippen LogP contribution in [-0.2, 0) is 4.74 Å². The van der Waals surface area contributed by atoms with Crippen molar-refractivity contribution in [1.29, 1.82) is 0 Å². The van der Waals surface area contributed by atoms with Gasteiger partial charge in [-0.15, -0.1) is 0 Å². The van der Waals surface area contributed by atoms with Crippen LogP contribution in [-0.4, -0.2) is 66.8 Å². The molecular formula is C17H35N3O. The predicted molar refractivity (Wildman–Crippen MR) is 88.5 cm³/mol. The van der Waals surface area contributed by atoms with Crippen molar-refractivity contribution >= 4 is 0 Å². The molecule has 0 aromatic heterocycles. The Balaban J connectivity index is 1.86. The first-order valence-electron chi connectivity index (χ1n) is 8.50. The fraction of sp³-hybridized carbons (Fsp3) is 1.00. The van der Waals surface area contributed by atoms with Crippen LogP contribution in [0.3, 0.4) is 0 Å². The second-order valence-corrected chi connectivity index (χ2v) is 8.80. The molecule has 2 heterocycles. The lowest BCUT2D eigenvalue weighted by Crippen LogP contribution is -2.51. The van der Waals surface area contributed by atoms with Crippen molar-refractivity contribution in [3.8, 4) is 0 Å². The second kappa shape index (κ2) is 6.53. The third kappa shape index (κ3) is 5.20. The van der Waals surface area contributed by atoms with Crippen LogP contribution >= 0.6 is 0 Å². The van der Waals surface area contributed by atoms with Crippen molar-refractivity contribution in [3.05, 3.63) is 0 Å². The molecule has 0 aliphatic carbocycles. The lowest BCUT2D eigenvalue weighted by Gasteiger charge is -2.42. The Morgan fingerprint density at radius 1 is 1.10 bits per heavy atom. The lowest BCUT2D eigenvalue weighted by molar-refractivity contribution is -0.0603. The van der Waals surface area contributed by atoms with Crippen LogP contribution < -0.4 is 5.73 Å². The van der Waals surface area contributed by atoms with E-state index in [4.69, 9.17) is 10.5 Å². The van der Waals surface area contributed by atoms with E-state index in [0.717, 1.165) is 52.2 Å².